The predicted molar refractivity (Wildman–Crippen MR) is 125 cm³/mol. The highest BCUT2D eigenvalue weighted by Gasteiger charge is 2.21. The molecule has 0 saturated carbocycles. The lowest BCUT2D eigenvalue weighted by molar-refractivity contribution is 0.0910. The van der Waals surface area contributed by atoms with E-state index in [9.17, 15) is 13.2 Å². The van der Waals surface area contributed by atoms with Crippen molar-refractivity contribution in [2.24, 2.45) is 0 Å². The quantitative estimate of drug-likeness (QED) is 0.644. The van der Waals surface area contributed by atoms with Gasteiger partial charge in [0.1, 0.15) is 0 Å². The number of piperidine rings is 1. The molecule has 0 bridgehead atoms. The van der Waals surface area contributed by atoms with E-state index in [1.165, 1.54) is 25.0 Å². The summed E-state index contributed by atoms with van der Waals surface area (Å²) in [7, 11) is -3.71. The Balaban J connectivity index is 1.57. The molecule has 0 aliphatic carbocycles. The van der Waals surface area contributed by atoms with Gasteiger partial charge in [-0.15, -0.1) is 0 Å². The molecule has 2 N–H and O–H groups in total. The first-order chi connectivity index (χ1) is 14.8. The minimum atomic E-state index is -3.71. The van der Waals surface area contributed by atoms with Gasteiger partial charge in [0.05, 0.1) is 4.90 Å². The summed E-state index contributed by atoms with van der Waals surface area (Å²) in [6, 6.07) is 11.7. The predicted octanol–water partition coefficient (Wildman–Crippen LogP) is 4.10. The number of carbonyl (C=O) groups excluding carboxylic acids is 1. The molecule has 1 aliphatic rings. The van der Waals surface area contributed by atoms with Crippen LogP contribution in [0.2, 0.25) is 0 Å². The first-order valence-electron chi connectivity index (χ1n) is 11.0. The maximum absolute atomic E-state index is 12.7. The number of hydrogen-bond donors (Lipinski definition) is 2. The van der Waals surface area contributed by atoms with Gasteiger partial charge >= 0.3 is 0 Å². The summed E-state index contributed by atoms with van der Waals surface area (Å²) in [5.74, 6) is -0.155. The van der Waals surface area contributed by atoms with Crippen molar-refractivity contribution in [3.05, 3.63) is 59.2 Å². The van der Waals surface area contributed by atoms with Crippen LogP contribution in [0.3, 0.4) is 0 Å². The van der Waals surface area contributed by atoms with Gasteiger partial charge in [-0.2, -0.15) is 0 Å². The smallest absolute Gasteiger partial charge is 0.261 e. The maximum atomic E-state index is 12.7. The summed E-state index contributed by atoms with van der Waals surface area (Å²) in [6.07, 6.45) is 4.30. The number of likely N-dealkylation sites (tertiary alicyclic amines) is 1. The Morgan fingerprint density at radius 1 is 1.03 bits per heavy atom. The summed E-state index contributed by atoms with van der Waals surface area (Å²) in [4.78, 5) is 15.2. The number of nitrogens with zero attached hydrogens (tertiary/aromatic N) is 1. The van der Waals surface area contributed by atoms with E-state index in [-0.39, 0.29) is 16.8 Å². The minimum absolute atomic E-state index is 0.131. The first kappa shape index (κ1) is 23.3. The Morgan fingerprint density at radius 3 is 2.32 bits per heavy atom. The summed E-state index contributed by atoms with van der Waals surface area (Å²) in [5.41, 5.74) is 3.11. The molecule has 1 heterocycles. The molecule has 31 heavy (non-hydrogen) atoms. The van der Waals surface area contributed by atoms with E-state index in [0.29, 0.717) is 11.3 Å². The molecule has 1 saturated heterocycles. The summed E-state index contributed by atoms with van der Waals surface area (Å²) >= 11 is 0. The van der Waals surface area contributed by atoms with Gasteiger partial charge in [0, 0.05) is 30.4 Å². The molecule has 0 unspecified atom stereocenters. The Labute approximate surface area is 186 Å². The molecule has 2 aromatic carbocycles. The number of rotatable bonds is 8. The van der Waals surface area contributed by atoms with Crippen LogP contribution in [-0.4, -0.2) is 44.9 Å². The van der Waals surface area contributed by atoms with Crippen molar-refractivity contribution in [3.63, 3.8) is 0 Å². The first-order valence-corrected chi connectivity index (χ1v) is 12.5. The Morgan fingerprint density at radius 2 is 1.71 bits per heavy atom. The monoisotopic (exact) mass is 443 g/mol. The van der Waals surface area contributed by atoms with Crippen LogP contribution in [0.1, 0.15) is 54.1 Å². The molecule has 1 aliphatic heterocycles. The standard InChI is InChI=1S/C24H33N3O3S/c1-4-5-14-27-15-12-21(13-16-27)25-24(28)20-7-10-23(11-8-20)31(29,30)26-22-9-6-18(2)19(3)17-22/h6-11,17,21,26H,4-5,12-16H2,1-3H3,(H,25,28). The van der Waals surface area contributed by atoms with Gasteiger partial charge in [0.2, 0.25) is 0 Å². The van der Waals surface area contributed by atoms with Gasteiger partial charge in [-0.3, -0.25) is 9.52 Å². The Bertz CT molecular complexity index is 995. The van der Waals surface area contributed by atoms with Gasteiger partial charge < -0.3 is 10.2 Å². The third-order valence-corrected chi connectivity index (χ3v) is 7.33. The van der Waals surface area contributed by atoms with Crippen LogP contribution in [0.25, 0.3) is 0 Å². The zero-order valence-electron chi connectivity index (χ0n) is 18.6. The summed E-state index contributed by atoms with van der Waals surface area (Å²) in [6.45, 7) is 9.26. The number of sulfonamides is 1. The van der Waals surface area contributed by atoms with Crippen molar-refractivity contribution >= 4 is 21.6 Å². The summed E-state index contributed by atoms with van der Waals surface area (Å²) in [5, 5.41) is 3.09. The van der Waals surface area contributed by atoms with E-state index >= 15 is 0 Å². The largest absolute Gasteiger partial charge is 0.349 e. The van der Waals surface area contributed by atoms with E-state index < -0.39 is 10.0 Å². The fourth-order valence-electron chi connectivity index (χ4n) is 3.76. The molecule has 6 nitrogen and oxygen atoms in total. The van der Waals surface area contributed by atoms with Gasteiger partial charge in [0.25, 0.3) is 15.9 Å². The van der Waals surface area contributed by atoms with Crippen molar-refractivity contribution in [3.8, 4) is 0 Å². The molecular weight excluding hydrogens is 410 g/mol. The Hall–Kier alpha value is -2.38. The molecule has 0 aromatic heterocycles. The van der Waals surface area contributed by atoms with Crippen molar-refractivity contribution < 1.29 is 13.2 Å². The highest BCUT2D eigenvalue weighted by atomic mass is 32.2. The van der Waals surface area contributed by atoms with Gasteiger partial charge in [0.15, 0.2) is 0 Å². The van der Waals surface area contributed by atoms with Gasteiger partial charge in [-0.25, -0.2) is 8.42 Å². The zero-order valence-corrected chi connectivity index (χ0v) is 19.5. The average molecular weight is 444 g/mol. The van der Waals surface area contributed by atoms with E-state index in [1.807, 2.05) is 26.0 Å². The number of benzene rings is 2. The van der Waals surface area contributed by atoms with Crippen LogP contribution < -0.4 is 10.0 Å². The zero-order chi connectivity index (χ0) is 22.4. The molecule has 1 fully saturated rings. The molecule has 168 valence electrons. The number of nitrogens with one attached hydrogen (secondary N) is 2. The van der Waals surface area contributed by atoms with E-state index in [4.69, 9.17) is 0 Å². The second-order valence-electron chi connectivity index (χ2n) is 8.37. The van der Waals surface area contributed by atoms with Crippen LogP contribution in [0.5, 0.6) is 0 Å². The fourth-order valence-corrected chi connectivity index (χ4v) is 4.81. The normalized spacial score (nSPS) is 15.6. The number of carbonyl (C=O) groups is 1. The van der Waals surface area contributed by atoms with Crippen LogP contribution in [0.4, 0.5) is 5.69 Å². The van der Waals surface area contributed by atoms with Gasteiger partial charge in [-0.1, -0.05) is 19.4 Å². The highest BCUT2D eigenvalue weighted by Crippen LogP contribution is 2.20. The average Bonchev–Trinajstić information content (AvgIpc) is 2.76. The molecule has 7 heteroatoms. The van der Waals surface area contributed by atoms with Gasteiger partial charge in [-0.05, 0) is 87.2 Å². The van der Waals surface area contributed by atoms with Crippen LogP contribution >= 0.6 is 0 Å². The topological polar surface area (TPSA) is 78.5 Å². The van der Waals surface area contributed by atoms with Crippen LogP contribution in [0.15, 0.2) is 47.4 Å². The molecule has 1 amide bonds. The molecular formula is C24H33N3O3S. The number of amides is 1. The lowest BCUT2D eigenvalue weighted by atomic mass is 10.0. The second kappa shape index (κ2) is 10.3. The van der Waals surface area contributed by atoms with Crippen molar-refractivity contribution in [1.29, 1.82) is 0 Å². The third kappa shape index (κ3) is 6.31. The molecule has 0 radical (unpaired) electrons. The van der Waals surface area contributed by atoms with Crippen LogP contribution in [-0.2, 0) is 10.0 Å². The number of unbranched alkanes of at least 4 members (excludes halogenated alkanes) is 1. The van der Waals surface area contributed by atoms with E-state index in [0.717, 1.165) is 43.6 Å². The van der Waals surface area contributed by atoms with E-state index in [1.54, 1.807) is 18.2 Å². The van der Waals surface area contributed by atoms with Crippen molar-refractivity contribution in [1.82, 2.24) is 10.2 Å². The summed E-state index contributed by atoms with van der Waals surface area (Å²) < 4.78 is 28.0. The third-order valence-electron chi connectivity index (χ3n) is 5.94. The number of anilines is 1. The molecule has 2 aromatic rings. The number of aryl methyl sites for hydroxylation is 2. The highest BCUT2D eigenvalue weighted by molar-refractivity contribution is 7.92. The van der Waals surface area contributed by atoms with E-state index in [2.05, 4.69) is 21.9 Å². The maximum Gasteiger partial charge on any atom is 0.261 e. The fraction of sp³-hybridized carbons (Fsp3) is 0.458. The lowest BCUT2D eigenvalue weighted by Gasteiger charge is -2.32. The van der Waals surface area contributed by atoms with Crippen LogP contribution in [0, 0.1) is 13.8 Å². The van der Waals surface area contributed by atoms with Crippen molar-refractivity contribution in [2.75, 3.05) is 24.4 Å². The second-order valence-corrected chi connectivity index (χ2v) is 10.1. The lowest BCUT2D eigenvalue weighted by Crippen LogP contribution is -2.44. The van der Waals surface area contributed by atoms with Crippen molar-refractivity contribution in [2.45, 2.75) is 57.4 Å². The molecule has 0 spiro atoms. The minimum Gasteiger partial charge on any atom is -0.349 e. The number of hydrogen-bond acceptors (Lipinski definition) is 4. The molecule has 3 rings (SSSR count). The Kier molecular flexibility index (Phi) is 7.73. The SMILES string of the molecule is CCCCN1CCC(NC(=O)c2ccc(S(=O)(=O)Nc3ccc(C)c(C)c3)cc2)CC1. The molecule has 0 atom stereocenters.